The van der Waals surface area contributed by atoms with Crippen molar-refractivity contribution in [3.8, 4) is 0 Å². The standard InChI is InChI=1S/C17H25NO2/c1-20-13-14-8-7-9-15(12-14)17(19)18-16-10-5-3-2-4-6-11-16/h7-9,12,16H,2-6,10-11,13H2,1H3,(H,18,19). The van der Waals surface area contributed by atoms with E-state index in [0.717, 1.165) is 24.0 Å². The van der Waals surface area contributed by atoms with Crippen molar-refractivity contribution in [2.45, 2.75) is 57.6 Å². The normalized spacial score (nSPS) is 17.2. The van der Waals surface area contributed by atoms with E-state index in [9.17, 15) is 4.79 Å². The van der Waals surface area contributed by atoms with Crippen LogP contribution < -0.4 is 5.32 Å². The van der Waals surface area contributed by atoms with Crippen LogP contribution in [-0.4, -0.2) is 19.1 Å². The molecule has 1 aromatic rings. The predicted octanol–water partition coefficient (Wildman–Crippen LogP) is 3.68. The average Bonchev–Trinajstić information content (AvgIpc) is 2.42. The van der Waals surface area contributed by atoms with E-state index >= 15 is 0 Å². The van der Waals surface area contributed by atoms with E-state index in [1.54, 1.807) is 7.11 Å². The maximum absolute atomic E-state index is 12.3. The van der Waals surface area contributed by atoms with Gasteiger partial charge in [-0.1, -0.05) is 44.2 Å². The van der Waals surface area contributed by atoms with Gasteiger partial charge in [0.25, 0.3) is 5.91 Å². The molecule has 0 saturated heterocycles. The first-order valence-corrected chi connectivity index (χ1v) is 7.68. The summed E-state index contributed by atoms with van der Waals surface area (Å²) in [5, 5.41) is 3.19. The molecule has 0 heterocycles. The summed E-state index contributed by atoms with van der Waals surface area (Å²) in [6.45, 7) is 0.546. The molecular formula is C17H25NO2. The molecular weight excluding hydrogens is 250 g/mol. The number of hydrogen-bond acceptors (Lipinski definition) is 2. The number of amides is 1. The van der Waals surface area contributed by atoms with Crippen molar-refractivity contribution in [1.82, 2.24) is 5.32 Å². The van der Waals surface area contributed by atoms with Gasteiger partial charge in [0.2, 0.25) is 0 Å². The SMILES string of the molecule is COCc1cccc(C(=O)NC2CCCCCCC2)c1. The fourth-order valence-electron chi connectivity index (χ4n) is 2.84. The van der Waals surface area contributed by atoms with Crippen LogP contribution in [0.25, 0.3) is 0 Å². The summed E-state index contributed by atoms with van der Waals surface area (Å²) in [6.07, 6.45) is 8.64. The average molecular weight is 275 g/mol. The smallest absolute Gasteiger partial charge is 0.251 e. The molecule has 0 bridgehead atoms. The van der Waals surface area contributed by atoms with Gasteiger partial charge >= 0.3 is 0 Å². The van der Waals surface area contributed by atoms with E-state index in [2.05, 4.69) is 5.32 Å². The summed E-state index contributed by atoms with van der Waals surface area (Å²) in [6, 6.07) is 8.03. The van der Waals surface area contributed by atoms with Gasteiger partial charge in [0.1, 0.15) is 0 Å². The predicted molar refractivity (Wildman–Crippen MR) is 80.7 cm³/mol. The third kappa shape index (κ3) is 4.64. The molecule has 1 aliphatic rings. The maximum Gasteiger partial charge on any atom is 0.251 e. The van der Waals surface area contributed by atoms with Gasteiger partial charge in [-0.3, -0.25) is 4.79 Å². The molecule has 1 saturated carbocycles. The number of benzene rings is 1. The Morgan fingerprint density at radius 2 is 1.90 bits per heavy atom. The topological polar surface area (TPSA) is 38.3 Å². The summed E-state index contributed by atoms with van der Waals surface area (Å²) in [7, 11) is 1.67. The molecule has 0 aromatic heterocycles. The van der Waals surface area contributed by atoms with E-state index in [-0.39, 0.29) is 5.91 Å². The summed E-state index contributed by atoms with van der Waals surface area (Å²) < 4.78 is 5.11. The van der Waals surface area contributed by atoms with Crippen molar-refractivity contribution < 1.29 is 9.53 Å². The minimum absolute atomic E-state index is 0.0496. The van der Waals surface area contributed by atoms with Gasteiger partial charge in [-0.15, -0.1) is 0 Å². The molecule has 0 unspecified atom stereocenters. The summed E-state index contributed by atoms with van der Waals surface area (Å²) in [5.74, 6) is 0.0496. The van der Waals surface area contributed by atoms with Gasteiger partial charge in [0, 0.05) is 18.7 Å². The van der Waals surface area contributed by atoms with Gasteiger partial charge < -0.3 is 10.1 Å². The van der Waals surface area contributed by atoms with E-state index in [1.165, 1.54) is 32.1 Å². The molecule has 0 aliphatic heterocycles. The van der Waals surface area contributed by atoms with Gasteiger partial charge in [0.15, 0.2) is 0 Å². The van der Waals surface area contributed by atoms with Gasteiger partial charge in [-0.2, -0.15) is 0 Å². The minimum atomic E-state index is 0.0496. The van der Waals surface area contributed by atoms with Crippen molar-refractivity contribution in [3.63, 3.8) is 0 Å². The highest BCUT2D eigenvalue weighted by molar-refractivity contribution is 5.94. The number of rotatable bonds is 4. The monoisotopic (exact) mass is 275 g/mol. The third-order valence-corrected chi connectivity index (χ3v) is 3.94. The lowest BCUT2D eigenvalue weighted by molar-refractivity contribution is 0.0930. The molecule has 1 fully saturated rings. The quantitative estimate of drug-likeness (QED) is 0.910. The molecule has 1 amide bonds. The lowest BCUT2D eigenvalue weighted by Crippen LogP contribution is -2.35. The highest BCUT2D eigenvalue weighted by atomic mass is 16.5. The Hall–Kier alpha value is -1.35. The van der Waals surface area contributed by atoms with Crippen molar-refractivity contribution >= 4 is 5.91 Å². The van der Waals surface area contributed by atoms with Crippen LogP contribution in [0.2, 0.25) is 0 Å². The molecule has 3 heteroatoms. The first kappa shape index (κ1) is 15.0. The van der Waals surface area contributed by atoms with Crippen molar-refractivity contribution in [3.05, 3.63) is 35.4 Å². The van der Waals surface area contributed by atoms with Gasteiger partial charge in [-0.25, -0.2) is 0 Å². The lowest BCUT2D eigenvalue weighted by atomic mass is 9.96. The van der Waals surface area contributed by atoms with Crippen LogP contribution in [0.4, 0.5) is 0 Å². The Bertz CT molecular complexity index is 423. The second-order valence-electron chi connectivity index (χ2n) is 5.65. The molecule has 3 nitrogen and oxygen atoms in total. The van der Waals surface area contributed by atoms with E-state index in [0.29, 0.717) is 12.6 Å². The van der Waals surface area contributed by atoms with Gasteiger partial charge in [0.05, 0.1) is 6.61 Å². The first-order valence-electron chi connectivity index (χ1n) is 7.68. The first-order chi connectivity index (χ1) is 9.79. The summed E-state index contributed by atoms with van der Waals surface area (Å²) in [4.78, 5) is 12.3. The fraction of sp³-hybridized carbons (Fsp3) is 0.588. The Morgan fingerprint density at radius 3 is 2.60 bits per heavy atom. The minimum Gasteiger partial charge on any atom is -0.380 e. The zero-order valence-electron chi connectivity index (χ0n) is 12.4. The largest absolute Gasteiger partial charge is 0.380 e. The number of methoxy groups -OCH3 is 1. The fourth-order valence-corrected chi connectivity index (χ4v) is 2.84. The molecule has 0 spiro atoms. The molecule has 0 radical (unpaired) electrons. The summed E-state index contributed by atoms with van der Waals surface area (Å²) in [5.41, 5.74) is 1.78. The van der Waals surface area contributed by atoms with Crippen LogP contribution in [-0.2, 0) is 11.3 Å². The van der Waals surface area contributed by atoms with Crippen LogP contribution >= 0.6 is 0 Å². The number of nitrogens with one attached hydrogen (secondary N) is 1. The van der Waals surface area contributed by atoms with Crippen molar-refractivity contribution in [2.24, 2.45) is 0 Å². The number of carbonyl (C=O) groups is 1. The molecule has 1 N–H and O–H groups in total. The van der Waals surface area contributed by atoms with Crippen molar-refractivity contribution in [2.75, 3.05) is 7.11 Å². The molecule has 110 valence electrons. The third-order valence-electron chi connectivity index (χ3n) is 3.94. The number of hydrogen-bond donors (Lipinski definition) is 1. The lowest BCUT2D eigenvalue weighted by Gasteiger charge is -2.21. The van der Waals surface area contributed by atoms with E-state index < -0.39 is 0 Å². The Labute approximate surface area is 121 Å². The molecule has 1 aliphatic carbocycles. The molecule has 2 rings (SSSR count). The van der Waals surface area contributed by atoms with E-state index in [4.69, 9.17) is 4.74 Å². The van der Waals surface area contributed by atoms with Crippen LogP contribution in [0.3, 0.4) is 0 Å². The highest BCUT2D eigenvalue weighted by Gasteiger charge is 2.15. The van der Waals surface area contributed by atoms with Crippen LogP contribution in [0.15, 0.2) is 24.3 Å². The zero-order chi connectivity index (χ0) is 14.2. The van der Waals surface area contributed by atoms with Crippen LogP contribution in [0.5, 0.6) is 0 Å². The van der Waals surface area contributed by atoms with E-state index in [1.807, 2.05) is 24.3 Å². The van der Waals surface area contributed by atoms with Crippen molar-refractivity contribution in [1.29, 1.82) is 0 Å². The molecule has 1 aromatic carbocycles. The Morgan fingerprint density at radius 1 is 1.20 bits per heavy atom. The second-order valence-corrected chi connectivity index (χ2v) is 5.65. The number of ether oxygens (including phenoxy) is 1. The molecule has 20 heavy (non-hydrogen) atoms. The number of carbonyl (C=O) groups excluding carboxylic acids is 1. The molecule has 0 atom stereocenters. The Balaban J connectivity index is 1.94. The Kier molecular flexibility index (Phi) is 6.06. The second kappa shape index (κ2) is 8.05. The van der Waals surface area contributed by atoms with Gasteiger partial charge in [-0.05, 0) is 30.5 Å². The highest BCUT2D eigenvalue weighted by Crippen LogP contribution is 2.17. The summed E-state index contributed by atoms with van der Waals surface area (Å²) >= 11 is 0. The van der Waals surface area contributed by atoms with Crippen LogP contribution in [0.1, 0.15) is 60.9 Å². The zero-order valence-corrected chi connectivity index (χ0v) is 12.4. The van der Waals surface area contributed by atoms with Crippen LogP contribution in [0, 0.1) is 0 Å². The maximum atomic E-state index is 12.3.